The molecule has 84 valence electrons. The van der Waals surface area contributed by atoms with Crippen LogP contribution in [-0.4, -0.2) is 9.67 Å². The fourth-order valence-electron chi connectivity index (χ4n) is 1.83. The molecule has 1 aromatic heterocycles. The second-order valence-corrected chi connectivity index (χ2v) is 4.68. The fraction of sp³-hybridized carbons (Fsp3) is 0. The van der Waals surface area contributed by atoms with Gasteiger partial charge in [0.05, 0.1) is 15.9 Å². The number of thiazole rings is 1. The average Bonchev–Trinajstić information content (AvgIpc) is 2.65. The molecular formula is C13H9NO2S. The van der Waals surface area contributed by atoms with E-state index in [0.29, 0.717) is 0 Å². The van der Waals surface area contributed by atoms with Gasteiger partial charge in [0.15, 0.2) is 0 Å². The van der Waals surface area contributed by atoms with Gasteiger partial charge in [-0.25, -0.2) is 0 Å². The molecule has 4 heteroatoms. The summed E-state index contributed by atoms with van der Waals surface area (Å²) in [5.74, 6) is 0.180. The van der Waals surface area contributed by atoms with Crippen LogP contribution in [0.2, 0.25) is 0 Å². The van der Waals surface area contributed by atoms with E-state index in [2.05, 4.69) is 0 Å². The molecule has 0 radical (unpaired) electrons. The van der Waals surface area contributed by atoms with Crippen LogP contribution in [0.25, 0.3) is 15.9 Å². The Hall–Kier alpha value is -2.07. The van der Waals surface area contributed by atoms with Gasteiger partial charge in [-0.05, 0) is 30.3 Å². The SMILES string of the molecule is O=c1sc2cc(O)ccc2n1-c1ccccc1. The minimum absolute atomic E-state index is 0.0446. The lowest BCUT2D eigenvalue weighted by atomic mass is 10.3. The lowest BCUT2D eigenvalue weighted by Crippen LogP contribution is -2.09. The van der Waals surface area contributed by atoms with Crippen molar-refractivity contribution in [2.24, 2.45) is 0 Å². The van der Waals surface area contributed by atoms with Gasteiger partial charge in [0.1, 0.15) is 5.75 Å². The maximum Gasteiger partial charge on any atom is 0.312 e. The fourth-order valence-corrected chi connectivity index (χ4v) is 2.76. The van der Waals surface area contributed by atoms with Gasteiger partial charge in [-0.2, -0.15) is 0 Å². The zero-order chi connectivity index (χ0) is 11.8. The predicted octanol–water partition coefficient (Wildman–Crippen LogP) is 2.76. The molecule has 1 N–H and O–H groups in total. The number of para-hydroxylation sites is 1. The van der Waals surface area contributed by atoms with E-state index in [0.717, 1.165) is 27.2 Å². The van der Waals surface area contributed by atoms with Crippen molar-refractivity contribution in [2.45, 2.75) is 0 Å². The number of nitrogens with zero attached hydrogens (tertiary/aromatic N) is 1. The molecule has 0 aliphatic carbocycles. The molecule has 0 fully saturated rings. The number of fused-ring (bicyclic) bond motifs is 1. The van der Waals surface area contributed by atoms with Crippen LogP contribution in [0, 0.1) is 0 Å². The van der Waals surface area contributed by atoms with E-state index in [1.807, 2.05) is 30.3 Å². The number of hydrogen-bond acceptors (Lipinski definition) is 3. The highest BCUT2D eigenvalue weighted by Gasteiger charge is 2.09. The van der Waals surface area contributed by atoms with Gasteiger partial charge in [0.2, 0.25) is 0 Å². The van der Waals surface area contributed by atoms with E-state index in [9.17, 15) is 9.90 Å². The summed E-state index contributed by atoms with van der Waals surface area (Å²) >= 11 is 1.14. The van der Waals surface area contributed by atoms with Crippen molar-refractivity contribution in [3.8, 4) is 11.4 Å². The van der Waals surface area contributed by atoms with E-state index in [-0.39, 0.29) is 10.6 Å². The molecule has 0 spiro atoms. The Morgan fingerprint density at radius 3 is 2.59 bits per heavy atom. The maximum absolute atomic E-state index is 12.0. The average molecular weight is 243 g/mol. The van der Waals surface area contributed by atoms with Crippen molar-refractivity contribution in [2.75, 3.05) is 0 Å². The van der Waals surface area contributed by atoms with Gasteiger partial charge >= 0.3 is 4.87 Å². The molecule has 0 bridgehead atoms. The van der Waals surface area contributed by atoms with Crippen molar-refractivity contribution >= 4 is 21.6 Å². The van der Waals surface area contributed by atoms with E-state index >= 15 is 0 Å². The number of phenolic OH excluding ortho intramolecular Hbond substituents is 1. The summed E-state index contributed by atoms with van der Waals surface area (Å²) in [5.41, 5.74) is 1.67. The third-order valence-corrected chi connectivity index (χ3v) is 3.48. The monoisotopic (exact) mass is 243 g/mol. The number of phenols is 1. The van der Waals surface area contributed by atoms with Gasteiger partial charge in [-0.3, -0.25) is 9.36 Å². The highest BCUT2D eigenvalue weighted by Crippen LogP contribution is 2.24. The number of aromatic nitrogens is 1. The molecule has 0 aliphatic heterocycles. The number of aromatic hydroxyl groups is 1. The molecule has 2 aromatic carbocycles. The van der Waals surface area contributed by atoms with Gasteiger partial charge in [0, 0.05) is 0 Å². The number of hydrogen-bond donors (Lipinski definition) is 1. The molecule has 0 saturated carbocycles. The Labute approximate surface area is 101 Å². The van der Waals surface area contributed by atoms with E-state index in [1.165, 1.54) is 0 Å². The Morgan fingerprint density at radius 2 is 1.82 bits per heavy atom. The maximum atomic E-state index is 12.0. The van der Waals surface area contributed by atoms with Crippen LogP contribution >= 0.6 is 11.3 Å². The second-order valence-electron chi connectivity index (χ2n) is 3.69. The van der Waals surface area contributed by atoms with Crippen LogP contribution < -0.4 is 4.87 Å². The lowest BCUT2D eigenvalue weighted by Gasteiger charge is -2.02. The normalized spacial score (nSPS) is 10.8. The third kappa shape index (κ3) is 1.62. The van der Waals surface area contributed by atoms with Gasteiger partial charge in [-0.15, -0.1) is 0 Å². The van der Waals surface area contributed by atoms with Crippen molar-refractivity contribution < 1.29 is 5.11 Å². The summed E-state index contributed by atoms with van der Waals surface area (Å²) < 4.78 is 2.44. The van der Waals surface area contributed by atoms with Crippen LogP contribution in [-0.2, 0) is 0 Å². The van der Waals surface area contributed by atoms with Crippen LogP contribution in [0.4, 0.5) is 0 Å². The van der Waals surface area contributed by atoms with E-state index in [4.69, 9.17) is 0 Å². The summed E-state index contributed by atoms with van der Waals surface area (Å²) in [6, 6.07) is 14.4. The minimum Gasteiger partial charge on any atom is -0.508 e. The number of rotatable bonds is 1. The molecule has 3 aromatic rings. The molecule has 0 saturated heterocycles. The molecule has 17 heavy (non-hydrogen) atoms. The quantitative estimate of drug-likeness (QED) is 0.714. The van der Waals surface area contributed by atoms with Crippen LogP contribution in [0.1, 0.15) is 0 Å². The summed E-state index contributed by atoms with van der Waals surface area (Å²) in [4.78, 5) is 11.9. The largest absolute Gasteiger partial charge is 0.508 e. The van der Waals surface area contributed by atoms with Crippen molar-refractivity contribution in [3.63, 3.8) is 0 Å². The highest BCUT2D eigenvalue weighted by molar-refractivity contribution is 7.16. The molecular weight excluding hydrogens is 234 g/mol. The summed E-state index contributed by atoms with van der Waals surface area (Å²) in [6.07, 6.45) is 0. The Bertz CT molecular complexity index is 728. The van der Waals surface area contributed by atoms with E-state index < -0.39 is 0 Å². The third-order valence-electron chi connectivity index (χ3n) is 2.58. The lowest BCUT2D eigenvalue weighted by molar-refractivity contribution is 0.476. The van der Waals surface area contributed by atoms with Crippen molar-refractivity contribution in [3.05, 3.63) is 58.2 Å². The van der Waals surface area contributed by atoms with Gasteiger partial charge in [0.25, 0.3) is 0 Å². The Balaban J connectivity index is 2.37. The van der Waals surface area contributed by atoms with Gasteiger partial charge in [-0.1, -0.05) is 29.5 Å². The minimum atomic E-state index is -0.0446. The first kappa shape index (κ1) is 10.1. The molecule has 3 rings (SSSR count). The van der Waals surface area contributed by atoms with Crippen molar-refractivity contribution in [1.82, 2.24) is 4.57 Å². The molecule has 3 nitrogen and oxygen atoms in total. The molecule has 1 heterocycles. The van der Waals surface area contributed by atoms with Gasteiger partial charge < -0.3 is 5.11 Å². The zero-order valence-corrected chi connectivity index (χ0v) is 9.65. The summed E-state index contributed by atoms with van der Waals surface area (Å²) in [5, 5.41) is 9.40. The first-order chi connectivity index (χ1) is 8.25. The predicted molar refractivity (Wildman–Crippen MR) is 69.1 cm³/mol. The van der Waals surface area contributed by atoms with Crippen molar-refractivity contribution in [1.29, 1.82) is 0 Å². The number of benzene rings is 2. The zero-order valence-electron chi connectivity index (χ0n) is 8.83. The first-order valence-corrected chi connectivity index (χ1v) is 5.97. The van der Waals surface area contributed by atoms with Crippen LogP contribution in [0.3, 0.4) is 0 Å². The molecule has 0 aliphatic rings. The molecule has 0 unspecified atom stereocenters. The first-order valence-electron chi connectivity index (χ1n) is 5.16. The highest BCUT2D eigenvalue weighted by atomic mass is 32.1. The Kier molecular flexibility index (Phi) is 2.23. The second kappa shape index (κ2) is 3.75. The summed E-state index contributed by atoms with van der Waals surface area (Å²) in [6.45, 7) is 0. The topological polar surface area (TPSA) is 42.2 Å². The Morgan fingerprint density at radius 1 is 1.06 bits per heavy atom. The smallest absolute Gasteiger partial charge is 0.312 e. The van der Waals surface area contributed by atoms with Crippen LogP contribution in [0.15, 0.2) is 53.3 Å². The summed E-state index contributed by atoms with van der Waals surface area (Å²) in [7, 11) is 0. The molecule has 0 amide bonds. The van der Waals surface area contributed by atoms with Crippen LogP contribution in [0.5, 0.6) is 5.75 Å². The van der Waals surface area contributed by atoms with E-state index in [1.54, 1.807) is 22.8 Å². The standard InChI is InChI=1S/C13H9NO2S/c15-10-6-7-11-12(8-10)17-13(16)14(11)9-4-2-1-3-5-9/h1-8,15H. The molecule has 0 atom stereocenters.